The molecule has 0 bridgehead atoms. The van der Waals surface area contributed by atoms with E-state index >= 15 is 0 Å². The summed E-state index contributed by atoms with van der Waals surface area (Å²) < 4.78 is 0. The predicted molar refractivity (Wildman–Crippen MR) is 49.8 cm³/mol. The Morgan fingerprint density at radius 3 is 3.23 bits per heavy atom. The normalized spacial score (nSPS) is 35.2. The average molecular weight is 176 g/mol. The van der Waals surface area contributed by atoms with Gasteiger partial charge in [-0.05, 0) is 25.3 Å². The first kappa shape index (κ1) is 7.03. The van der Waals surface area contributed by atoms with Gasteiger partial charge in [-0.15, -0.1) is 0 Å². The van der Waals surface area contributed by atoms with Gasteiger partial charge in [0.25, 0.3) is 0 Å². The molecule has 3 N–H and O–H groups in total. The lowest BCUT2D eigenvalue weighted by atomic mass is 10.1. The first-order chi connectivity index (χ1) is 6.36. The van der Waals surface area contributed by atoms with Crippen LogP contribution in [0.4, 0.5) is 0 Å². The quantitative estimate of drug-likeness (QED) is 0.484. The summed E-state index contributed by atoms with van der Waals surface area (Å²) >= 11 is 0. The Hall–Kier alpha value is -1.42. The van der Waals surface area contributed by atoms with Crippen LogP contribution in [0.25, 0.3) is 0 Å². The Bertz CT molecular complexity index is 329. The number of rotatable bonds is 0. The molecule has 0 radical (unpaired) electrons. The molecule has 2 unspecified atom stereocenters. The molecule has 13 heavy (non-hydrogen) atoms. The highest BCUT2D eigenvalue weighted by molar-refractivity contribution is 5.36. The summed E-state index contributed by atoms with van der Waals surface area (Å²) in [7, 11) is 0. The molecule has 3 rings (SSSR count). The molecule has 0 fully saturated rings. The molecule has 0 aromatic heterocycles. The fourth-order valence-corrected chi connectivity index (χ4v) is 2.02. The van der Waals surface area contributed by atoms with Crippen molar-refractivity contribution in [2.45, 2.75) is 19.3 Å². The van der Waals surface area contributed by atoms with Crippen molar-refractivity contribution in [1.82, 2.24) is 21.1 Å². The fourth-order valence-electron chi connectivity index (χ4n) is 2.02. The van der Waals surface area contributed by atoms with E-state index in [2.05, 4.69) is 40.1 Å². The molecule has 68 valence electrons. The summed E-state index contributed by atoms with van der Waals surface area (Å²) in [5.41, 5.74) is 5.77. The lowest BCUT2D eigenvalue weighted by molar-refractivity contribution is 0.117. The summed E-state index contributed by atoms with van der Waals surface area (Å²) in [6, 6.07) is 0. The molecule has 3 heterocycles. The van der Waals surface area contributed by atoms with E-state index in [9.17, 15) is 0 Å². The Morgan fingerprint density at radius 1 is 1.38 bits per heavy atom. The average Bonchev–Trinajstić information content (AvgIpc) is 2.66. The lowest BCUT2D eigenvalue weighted by Crippen LogP contribution is -2.58. The van der Waals surface area contributed by atoms with Crippen LogP contribution in [-0.4, -0.2) is 17.3 Å². The van der Waals surface area contributed by atoms with Crippen LogP contribution in [0.3, 0.4) is 0 Å². The van der Waals surface area contributed by atoms with E-state index in [4.69, 9.17) is 0 Å². The zero-order chi connectivity index (χ0) is 8.84. The first-order valence-electron chi connectivity index (χ1n) is 4.47. The Kier molecular flexibility index (Phi) is 1.24. The molecule has 0 aliphatic carbocycles. The summed E-state index contributed by atoms with van der Waals surface area (Å²) in [5.74, 6) is 0. The van der Waals surface area contributed by atoms with E-state index < -0.39 is 0 Å². The Morgan fingerprint density at radius 2 is 2.31 bits per heavy atom. The number of hydrazine groups is 1. The second-order valence-corrected chi connectivity index (χ2v) is 3.47. The smallest absolute Gasteiger partial charge is 0.127 e. The van der Waals surface area contributed by atoms with Gasteiger partial charge in [0.05, 0.1) is 0 Å². The predicted octanol–water partition coefficient (Wildman–Crippen LogP) is -0.0334. The molecule has 4 nitrogen and oxygen atoms in total. The highest BCUT2D eigenvalue weighted by Crippen LogP contribution is 2.24. The number of nitrogens with one attached hydrogen (secondary N) is 3. The van der Waals surface area contributed by atoms with Gasteiger partial charge in [-0.1, -0.05) is 0 Å². The third kappa shape index (κ3) is 0.833. The van der Waals surface area contributed by atoms with E-state index in [1.807, 2.05) is 12.4 Å². The maximum Gasteiger partial charge on any atom is 0.127 e. The van der Waals surface area contributed by atoms with Gasteiger partial charge in [-0.2, -0.15) is 5.01 Å². The van der Waals surface area contributed by atoms with Crippen LogP contribution >= 0.6 is 0 Å². The second kappa shape index (κ2) is 2.29. The van der Waals surface area contributed by atoms with Crippen LogP contribution in [0.1, 0.15) is 6.92 Å². The molecular formula is C9H12N4. The molecule has 3 aliphatic heterocycles. The third-order valence-electron chi connectivity index (χ3n) is 2.69. The van der Waals surface area contributed by atoms with E-state index in [-0.39, 0.29) is 12.3 Å². The molecule has 0 saturated carbocycles. The van der Waals surface area contributed by atoms with Gasteiger partial charge < -0.3 is 16.1 Å². The second-order valence-electron chi connectivity index (χ2n) is 3.47. The number of fused-ring (bicyclic) bond motifs is 3. The minimum Gasteiger partial charge on any atom is -0.370 e. The van der Waals surface area contributed by atoms with Gasteiger partial charge in [0.15, 0.2) is 0 Å². The van der Waals surface area contributed by atoms with Crippen molar-refractivity contribution in [2.75, 3.05) is 0 Å². The Balaban J connectivity index is 2.01. The van der Waals surface area contributed by atoms with Crippen molar-refractivity contribution in [1.29, 1.82) is 0 Å². The number of allylic oxidation sites excluding steroid dienone is 1. The highest BCUT2D eigenvalue weighted by Gasteiger charge is 2.35. The van der Waals surface area contributed by atoms with Gasteiger partial charge in [-0.25, -0.2) is 0 Å². The van der Waals surface area contributed by atoms with Gasteiger partial charge >= 0.3 is 0 Å². The van der Waals surface area contributed by atoms with Crippen LogP contribution in [-0.2, 0) is 0 Å². The first-order valence-corrected chi connectivity index (χ1v) is 4.47. The van der Waals surface area contributed by atoms with Crippen LogP contribution in [0.5, 0.6) is 0 Å². The third-order valence-corrected chi connectivity index (χ3v) is 2.69. The zero-order valence-electron chi connectivity index (χ0n) is 7.41. The van der Waals surface area contributed by atoms with Gasteiger partial charge in [-0.3, -0.25) is 0 Å². The van der Waals surface area contributed by atoms with Crippen LogP contribution in [0.15, 0.2) is 35.8 Å². The molecule has 3 aliphatic rings. The van der Waals surface area contributed by atoms with Crippen molar-refractivity contribution in [2.24, 2.45) is 0 Å². The van der Waals surface area contributed by atoms with E-state index in [0.717, 1.165) is 0 Å². The zero-order valence-corrected chi connectivity index (χ0v) is 7.41. The lowest BCUT2D eigenvalue weighted by Gasteiger charge is -2.37. The topological polar surface area (TPSA) is 39.3 Å². The van der Waals surface area contributed by atoms with Crippen LogP contribution in [0, 0.1) is 0 Å². The largest absolute Gasteiger partial charge is 0.370 e. The molecule has 0 saturated heterocycles. The molecule has 0 amide bonds. The monoisotopic (exact) mass is 176 g/mol. The van der Waals surface area contributed by atoms with Crippen molar-refractivity contribution in [3.8, 4) is 0 Å². The molecular weight excluding hydrogens is 164 g/mol. The summed E-state index contributed by atoms with van der Waals surface area (Å²) in [6.45, 7) is 2.11. The Labute approximate surface area is 77.0 Å². The van der Waals surface area contributed by atoms with Crippen LogP contribution in [0.2, 0.25) is 0 Å². The maximum atomic E-state index is 3.41. The van der Waals surface area contributed by atoms with Crippen molar-refractivity contribution in [3.05, 3.63) is 35.8 Å². The summed E-state index contributed by atoms with van der Waals surface area (Å²) in [6.07, 6.45) is 8.74. The van der Waals surface area contributed by atoms with Gasteiger partial charge in [0, 0.05) is 17.5 Å². The molecule has 0 aromatic carbocycles. The number of hydrogen-bond donors (Lipinski definition) is 3. The van der Waals surface area contributed by atoms with Crippen LogP contribution < -0.4 is 16.1 Å². The van der Waals surface area contributed by atoms with E-state index in [1.165, 1.54) is 11.3 Å². The minimum atomic E-state index is 0.279. The SMILES string of the molecule is CC1=C2C=CNC2N2NC=CC2N1. The molecule has 0 aromatic rings. The molecule has 2 atom stereocenters. The van der Waals surface area contributed by atoms with Crippen molar-refractivity contribution in [3.63, 3.8) is 0 Å². The highest BCUT2D eigenvalue weighted by atomic mass is 15.6. The minimum absolute atomic E-state index is 0.279. The standard InChI is InChI=1S/C9H12N4/c1-6-7-2-4-10-9(7)13-8(12-6)3-5-11-13/h2-5,8-12H,1H3. The number of nitrogens with zero attached hydrogens (tertiary/aromatic N) is 1. The summed E-state index contributed by atoms with van der Waals surface area (Å²) in [4.78, 5) is 0. The maximum absolute atomic E-state index is 3.41. The van der Waals surface area contributed by atoms with E-state index in [1.54, 1.807) is 0 Å². The molecule has 4 heteroatoms. The fraction of sp³-hybridized carbons (Fsp3) is 0.333. The van der Waals surface area contributed by atoms with Gasteiger partial charge in [0.2, 0.25) is 0 Å². The molecule has 0 spiro atoms. The number of hydrogen-bond acceptors (Lipinski definition) is 4. The van der Waals surface area contributed by atoms with E-state index in [0.29, 0.717) is 0 Å². The summed E-state index contributed by atoms with van der Waals surface area (Å²) in [5, 5.41) is 8.88. The van der Waals surface area contributed by atoms with Crippen molar-refractivity contribution < 1.29 is 0 Å². The van der Waals surface area contributed by atoms with Crippen molar-refractivity contribution >= 4 is 0 Å². The van der Waals surface area contributed by atoms with Gasteiger partial charge in [0.1, 0.15) is 12.3 Å².